The van der Waals surface area contributed by atoms with Gasteiger partial charge in [-0.3, -0.25) is 4.90 Å². The van der Waals surface area contributed by atoms with Gasteiger partial charge in [0.05, 0.1) is 22.1 Å². The summed E-state index contributed by atoms with van der Waals surface area (Å²) in [7, 11) is 0. The molecule has 0 aliphatic carbocycles. The van der Waals surface area contributed by atoms with Crippen LogP contribution < -0.4 is 0 Å². The maximum atomic E-state index is 12.7. The van der Waals surface area contributed by atoms with Crippen LogP contribution in [-0.4, -0.2) is 64.1 Å². The lowest BCUT2D eigenvalue weighted by Crippen LogP contribution is -2.46. The first-order chi connectivity index (χ1) is 16.1. The number of amides is 1. The molecule has 10 heteroatoms. The van der Waals surface area contributed by atoms with Gasteiger partial charge in [-0.15, -0.1) is 0 Å². The summed E-state index contributed by atoms with van der Waals surface area (Å²) in [4.78, 5) is 16.0. The van der Waals surface area contributed by atoms with E-state index in [4.69, 9.17) is 16.7 Å². The number of rotatable bonds is 5. The molecule has 34 heavy (non-hydrogen) atoms. The molecule has 3 heterocycles. The number of carbonyl (C=O) groups is 1. The molecule has 0 bridgehead atoms. The first-order valence-corrected chi connectivity index (χ1v) is 12.1. The molecule has 0 radical (unpaired) electrons. The Hall–Kier alpha value is -2.26. The van der Waals surface area contributed by atoms with Crippen LogP contribution >= 0.6 is 11.6 Å². The topological polar surface area (TPSA) is 50.6 Å². The van der Waals surface area contributed by atoms with Crippen LogP contribution in [0.2, 0.25) is 5.02 Å². The molecular formula is C24H30ClF3N4O2. The summed E-state index contributed by atoms with van der Waals surface area (Å²) < 4.78 is 44.7. The number of piperidine rings is 1. The van der Waals surface area contributed by atoms with Crippen LogP contribution in [0.4, 0.5) is 18.0 Å². The van der Waals surface area contributed by atoms with Gasteiger partial charge in [0.15, 0.2) is 6.10 Å². The highest BCUT2D eigenvalue weighted by atomic mass is 35.5. The van der Waals surface area contributed by atoms with Crippen molar-refractivity contribution in [3.05, 3.63) is 46.7 Å². The fourth-order valence-corrected chi connectivity index (χ4v) is 5.06. The van der Waals surface area contributed by atoms with Gasteiger partial charge < -0.3 is 9.64 Å². The molecule has 2 saturated heterocycles. The van der Waals surface area contributed by atoms with Gasteiger partial charge in [-0.25, -0.2) is 9.48 Å². The summed E-state index contributed by atoms with van der Waals surface area (Å²) in [6, 6.07) is 9.77. The first kappa shape index (κ1) is 24.9. The minimum Gasteiger partial charge on any atom is -0.437 e. The minimum atomic E-state index is -4.55. The minimum absolute atomic E-state index is 0.0647. The molecule has 1 aromatic carbocycles. The summed E-state index contributed by atoms with van der Waals surface area (Å²) in [5, 5.41) is 5.39. The van der Waals surface area contributed by atoms with Crippen molar-refractivity contribution in [2.45, 2.75) is 58.4 Å². The Morgan fingerprint density at radius 3 is 2.53 bits per heavy atom. The lowest BCUT2D eigenvalue weighted by Gasteiger charge is -2.39. The molecule has 2 aliphatic heterocycles. The van der Waals surface area contributed by atoms with E-state index in [0.29, 0.717) is 18.1 Å². The van der Waals surface area contributed by atoms with E-state index < -0.39 is 18.4 Å². The number of ether oxygens (including phenoxy) is 1. The van der Waals surface area contributed by atoms with E-state index in [9.17, 15) is 18.0 Å². The molecule has 2 fully saturated rings. The Bertz CT molecular complexity index is 1020. The fourth-order valence-electron chi connectivity index (χ4n) is 4.85. The molecule has 1 atom stereocenters. The highest BCUT2D eigenvalue weighted by Gasteiger charge is 2.44. The molecule has 1 aromatic heterocycles. The van der Waals surface area contributed by atoms with Crippen LogP contribution in [0.25, 0.3) is 5.69 Å². The Morgan fingerprint density at radius 2 is 1.88 bits per heavy atom. The monoisotopic (exact) mass is 498 g/mol. The van der Waals surface area contributed by atoms with Gasteiger partial charge in [0.2, 0.25) is 0 Å². The molecule has 186 valence electrons. The van der Waals surface area contributed by atoms with Gasteiger partial charge in [-0.05, 0) is 62.8 Å². The van der Waals surface area contributed by atoms with Crippen molar-refractivity contribution in [1.29, 1.82) is 0 Å². The highest BCUT2D eigenvalue weighted by molar-refractivity contribution is 6.32. The molecule has 1 unspecified atom stereocenters. The maximum Gasteiger partial charge on any atom is 0.425 e. The summed E-state index contributed by atoms with van der Waals surface area (Å²) in [5.74, 6) is 0. The van der Waals surface area contributed by atoms with E-state index in [1.807, 2.05) is 28.9 Å². The lowest BCUT2D eigenvalue weighted by molar-refractivity contribution is -0.200. The second-order valence-corrected chi connectivity index (χ2v) is 9.77. The van der Waals surface area contributed by atoms with Crippen molar-refractivity contribution in [2.75, 3.05) is 26.2 Å². The summed E-state index contributed by atoms with van der Waals surface area (Å²) in [6.45, 7) is 6.28. The van der Waals surface area contributed by atoms with E-state index in [1.54, 1.807) is 0 Å². The number of hydrogen-bond acceptors (Lipinski definition) is 4. The van der Waals surface area contributed by atoms with E-state index in [1.165, 1.54) is 4.90 Å². The number of nitrogens with zero attached hydrogens (tertiary/aromatic N) is 4. The molecular weight excluding hydrogens is 469 g/mol. The molecule has 0 N–H and O–H groups in total. The average Bonchev–Trinajstić information content (AvgIpc) is 3.38. The first-order valence-electron chi connectivity index (χ1n) is 11.7. The van der Waals surface area contributed by atoms with Crippen LogP contribution in [0.15, 0.2) is 30.3 Å². The second-order valence-electron chi connectivity index (χ2n) is 9.36. The molecule has 6 nitrogen and oxygen atoms in total. The zero-order chi connectivity index (χ0) is 24.5. The van der Waals surface area contributed by atoms with E-state index in [0.717, 1.165) is 69.3 Å². The summed E-state index contributed by atoms with van der Waals surface area (Å²) in [5.41, 5.74) is 3.00. The summed E-state index contributed by atoms with van der Waals surface area (Å²) in [6.07, 6.45) is -4.21. The number of alkyl halides is 3. The summed E-state index contributed by atoms with van der Waals surface area (Å²) >= 11 is 6.43. The molecule has 2 aromatic rings. The molecule has 1 amide bonds. The van der Waals surface area contributed by atoms with Crippen LogP contribution in [0.5, 0.6) is 0 Å². The third kappa shape index (κ3) is 5.35. The van der Waals surface area contributed by atoms with Crippen LogP contribution in [0.1, 0.15) is 44.5 Å². The number of hydrogen-bond donors (Lipinski definition) is 0. The Kier molecular flexibility index (Phi) is 7.14. The third-order valence-corrected chi connectivity index (χ3v) is 7.32. The van der Waals surface area contributed by atoms with Crippen molar-refractivity contribution in [3.8, 4) is 5.69 Å². The Morgan fingerprint density at radius 1 is 1.21 bits per heavy atom. The zero-order valence-electron chi connectivity index (χ0n) is 19.4. The van der Waals surface area contributed by atoms with Gasteiger partial charge in [-0.2, -0.15) is 18.3 Å². The SMILES string of the molecule is CCc1cc(CN2CCC3(CCN(C(=O)OC(C)C(F)(F)F)CC3)C2)n(-c2ccccc2Cl)n1. The normalized spacial score (nSPS) is 19.5. The van der Waals surface area contributed by atoms with E-state index in [2.05, 4.69) is 22.6 Å². The average molecular weight is 499 g/mol. The number of likely N-dealkylation sites (tertiary alicyclic amines) is 2. The smallest absolute Gasteiger partial charge is 0.425 e. The Balaban J connectivity index is 1.38. The van der Waals surface area contributed by atoms with E-state index >= 15 is 0 Å². The molecule has 1 spiro atoms. The number of carbonyl (C=O) groups excluding carboxylic acids is 1. The Labute approximate surface area is 202 Å². The van der Waals surface area contributed by atoms with Gasteiger partial charge >= 0.3 is 12.3 Å². The zero-order valence-corrected chi connectivity index (χ0v) is 20.2. The van der Waals surface area contributed by atoms with Crippen LogP contribution in [-0.2, 0) is 17.7 Å². The van der Waals surface area contributed by atoms with E-state index in [-0.39, 0.29) is 5.41 Å². The predicted molar refractivity (Wildman–Crippen MR) is 123 cm³/mol. The van der Waals surface area contributed by atoms with Gasteiger partial charge in [-0.1, -0.05) is 30.7 Å². The highest BCUT2D eigenvalue weighted by Crippen LogP contribution is 2.41. The maximum absolute atomic E-state index is 12.7. The number of benzene rings is 1. The van der Waals surface area contributed by atoms with Crippen molar-refractivity contribution < 1.29 is 22.7 Å². The van der Waals surface area contributed by atoms with Crippen molar-refractivity contribution >= 4 is 17.7 Å². The van der Waals surface area contributed by atoms with Crippen LogP contribution in [0.3, 0.4) is 0 Å². The van der Waals surface area contributed by atoms with Crippen LogP contribution in [0, 0.1) is 5.41 Å². The van der Waals surface area contributed by atoms with Gasteiger partial charge in [0.1, 0.15) is 0 Å². The number of aromatic nitrogens is 2. The molecule has 0 saturated carbocycles. The molecule has 4 rings (SSSR count). The quantitative estimate of drug-likeness (QED) is 0.549. The lowest BCUT2D eigenvalue weighted by atomic mass is 9.78. The predicted octanol–water partition coefficient (Wildman–Crippen LogP) is 5.46. The number of halogens is 4. The van der Waals surface area contributed by atoms with Gasteiger partial charge in [0.25, 0.3) is 0 Å². The third-order valence-electron chi connectivity index (χ3n) is 7.00. The molecule has 2 aliphatic rings. The second kappa shape index (κ2) is 9.77. The van der Waals surface area contributed by atoms with Gasteiger partial charge in [0, 0.05) is 26.2 Å². The largest absolute Gasteiger partial charge is 0.437 e. The standard InChI is InChI=1S/C24H30ClF3N4O2/c1-3-18-14-19(32(29-18)21-7-5-4-6-20(21)25)15-30-11-8-23(16-30)9-12-31(13-10-23)22(33)34-17(2)24(26,27)28/h4-7,14,17H,3,8-13,15-16H2,1-2H3. The van der Waals surface area contributed by atoms with Crippen molar-refractivity contribution in [1.82, 2.24) is 19.6 Å². The fraction of sp³-hybridized carbons (Fsp3) is 0.583. The number of aryl methyl sites for hydroxylation is 1. The van der Waals surface area contributed by atoms with Crippen molar-refractivity contribution in [3.63, 3.8) is 0 Å². The number of para-hydroxylation sites is 1. The van der Waals surface area contributed by atoms with Crippen molar-refractivity contribution in [2.24, 2.45) is 5.41 Å².